The van der Waals surface area contributed by atoms with Gasteiger partial charge in [0.25, 0.3) is 0 Å². The predicted octanol–water partition coefficient (Wildman–Crippen LogP) is 1.81. The molecule has 0 bridgehead atoms. The number of allylic oxidation sites excluding steroid dienone is 1. The Balaban J connectivity index is 4.11. The number of hydrogen-bond donors (Lipinski definition) is 0. The zero-order valence-corrected chi connectivity index (χ0v) is 10.4. The van der Waals surface area contributed by atoms with Gasteiger partial charge in [-0.15, -0.1) is 0 Å². The van der Waals surface area contributed by atoms with E-state index in [2.05, 4.69) is 27.7 Å². The van der Waals surface area contributed by atoms with Gasteiger partial charge in [-0.05, 0) is 32.3 Å². The lowest BCUT2D eigenvalue weighted by Gasteiger charge is -2.14. The van der Waals surface area contributed by atoms with Gasteiger partial charge in [0, 0.05) is 0 Å². The highest BCUT2D eigenvalue weighted by Gasteiger charge is 2.00. The van der Waals surface area contributed by atoms with E-state index in [0.29, 0.717) is 6.10 Å². The van der Waals surface area contributed by atoms with Gasteiger partial charge in [-0.3, -0.25) is 0 Å². The summed E-state index contributed by atoms with van der Waals surface area (Å²) in [6, 6.07) is 0. The van der Waals surface area contributed by atoms with E-state index in [9.17, 15) is 0 Å². The molecule has 0 spiro atoms. The van der Waals surface area contributed by atoms with E-state index in [1.54, 1.807) is 0 Å². The van der Waals surface area contributed by atoms with E-state index < -0.39 is 0 Å². The Morgan fingerprint density at radius 2 is 1.73 bits per heavy atom. The van der Waals surface area contributed by atoms with Gasteiger partial charge in [-0.25, -0.2) is 0 Å². The topological polar surface area (TPSA) is 9.23 Å². The van der Waals surface area contributed by atoms with E-state index in [0.717, 1.165) is 23.1 Å². The Kier molecular flexibility index (Phi) is 5.29. The molecule has 0 aromatic carbocycles. The van der Waals surface area contributed by atoms with Crippen molar-refractivity contribution in [2.24, 2.45) is 0 Å². The van der Waals surface area contributed by atoms with Crippen LogP contribution < -0.4 is 0 Å². The van der Waals surface area contributed by atoms with E-state index in [1.807, 2.05) is 0 Å². The Bertz CT molecular complexity index is 132. The van der Waals surface area contributed by atoms with Crippen LogP contribution in [0, 0.1) is 0 Å². The molecule has 0 unspecified atom stereocenters. The molecular weight excluding hydrogens is 152 g/mol. The third kappa shape index (κ3) is 4.25. The Hall–Kier alpha value is -0.243. The molecule has 0 saturated carbocycles. The van der Waals surface area contributed by atoms with Gasteiger partial charge in [0.15, 0.2) is 0 Å². The van der Waals surface area contributed by atoms with Crippen molar-refractivity contribution < 1.29 is 4.74 Å². The summed E-state index contributed by atoms with van der Waals surface area (Å²) in [6.07, 6.45) is 2.62. The van der Waals surface area contributed by atoms with E-state index >= 15 is 0 Å². The maximum Gasteiger partial charge on any atom is 0.0919 e. The average molecular weight is 172 g/mol. The van der Waals surface area contributed by atoms with E-state index in [4.69, 9.17) is 4.74 Å². The lowest BCUT2D eigenvalue weighted by Crippen LogP contribution is -2.04. The number of rotatable bonds is 4. The van der Waals surface area contributed by atoms with Crippen LogP contribution in [0.25, 0.3) is 0 Å². The molecular formula is C9H20OSi. The van der Waals surface area contributed by atoms with Crippen molar-refractivity contribution in [1.29, 1.82) is 0 Å². The Morgan fingerprint density at radius 3 is 2.00 bits per heavy atom. The van der Waals surface area contributed by atoms with Gasteiger partial charge in [0.05, 0.1) is 21.7 Å². The number of ether oxygens (including phenoxy) is 1. The summed E-state index contributed by atoms with van der Waals surface area (Å²) >= 11 is 0. The standard InChI is InChI=1S/C9H20OSi/c1-5-8(6-2)9(11)10-7(3)4/h7H,5-6H2,1-4,11H3. The highest BCUT2D eigenvalue weighted by atomic mass is 28.1. The van der Waals surface area contributed by atoms with Crippen LogP contribution in [-0.2, 0) is 4.74 Å². The summed E-state index contributed by atoms with van der Waals surface area (Å²) in [5, 5.41) is 1.25. The molecule has 11 heavy (non-hydrogen) atoms. The van der Waals surface area contributed by atoms with Crippen molar-refractivity contribution in [2.45, 2.75) is 46.6 Å². The molecule has 0 amide bonds. The Labute approximate surface area is 73.3 Å². The van der Waals surface area contributed by atoms with Crippen LogP contribution in [0.5, 0.6) is 0 Å². The lowest BCUT2D eigenvalue weighted by molar-refractivity contribution is 0.164. The first-order chi connectivity index (χ1) is 5.11. The van der Waals surface area contributed by atoms with E-state index in [1.165, 1.54) is 11.0 Å². The zero-order chi connectivity index (χ0) is 8.85. The van der Waals surface area contributed by atoms with Gasteiger partial charge in [-0.2, -0.15) is 0 Å². The van der Waals surface area contributed by atoms with Crippen LogP contribution >= 0.6 is 0 Å². The first kappa shape index (κ1) is 10.8. The minimum absolute atomic E-state index is 0.343. The molecule has 1 nitrogen and oxygen atoms in total. The predicted molar refractivity (Wildman–Crippen MR) is 53.8 cm³/mol. The van der Waals surface area contributed by atoms with Gasteiger partial charge in [0.1, 0.15) is 0 Å². The number of hydrogen-bond acceptors (Lipinski definition) is 1. The minimum Gasteiger partial charge on any atom is -0.502 e. The van der Waals surface area contributed by atoms with Crippen molar-refractivity contribution >= 4 is 10.2 Å². The smallest absolute Gasteiger partial charge is 0.0919 e. The molecule has 0 fully saturated rings. The van der Waals surface area contributed by atoms with E-state index in [-0.39, 0.29) is 0 Å². The van der Waals surface area contributed by atoms with Crippen molar-refractivity contribution in [3.05, 3.63) is 11.0 Å². The summed E-state index contributed by atoms with van der Waals surface area (Å²) in [7, 11) is 1.05. The van der Waals surface area contributed by atoms with Crippen LogP contribution in [0.15, 0.2) is 11.0 Å². The monoisotopic (exact) mass is 172 g/mol. The lowest BCUT2D eigenvalue weighted by atomic mass is 10.2. The summed E-state index contributed by atoms with van der Waals surface area (Å²) in [6.45, 7) is 8.56. The van der Waals surface area contributed by atoms with Crippen LogP contribution in [0.1, 0.15) is 40.5 Å². The third-order valence-corrected chi connectivity index (χ3v) is 2.71. The maximum absolute atomic E-state index is 5.64. The van der Waals surface area contributed by atoms with Gasteiger partial charge in [0.2, 0.25) is 0 Å². The fourth-order valence-electron chi connectivity index (χ4n) is 1.18. The largest absolute Gasteiger partial charge is 0.502 e. The average Bonchev–Trinajstić information content (AvgIpc) is 1.88. The summed E-state index contributed by atoms with van der Waals surface area (Å²) in [4.78, 5) is 0. The molecule has 0 aliphatic rings. The quantitative estimate of drug-likeness (QED) is 0.464. The fourth-order valence-corrected chi connectivity index (χ4v) is 2.36. The molecule has 2 heteroatoms. The highest BCUT2D eigenvalue weighted by Crippen LogP contribution is 2.12. The molecule has 0 aliphatic heterocycles. The van der Waals surface area contributed by atoms with Crippen molar-refractivity contribution in [2.75, 3.05) is 0 Å². The normalized spacial score (nSPS) is 10.3. The van der Waals surface area contributed by atoms with Crippen LogP contribution in [0.4, 0.5) is 0 Å². The molecule has 0 heterocycles. The first-order valence-electron chi connectivity index (χ1n) is 4.47. The van der Waals surface area contributed by atoms with Crippen molar-refractivity contribution in [1.82, 2.24) is 0 Å². The van der Waals surface area contributed by atoms with Gasteiger partial charge >= 0.3 is 0 Å². The molecule has 0 aliphatic carbocycles. The molecule has 0 N–H and O–H groups in total. The second-order valence-corrected chi connectivity index (χ2v) is 3.94. The van der Waals surface area contributed by atoms with Crippen LogP contribution in [-0.4, -0.2) is 16.3 Å². The van der Waals surface area contributed by atoms with Crippen LogP contribution in [0.2, 0.25) is 0 Å². The maximum atomic E-state index is 5.64. The summed E-state index contributed by atoms with van der Waals surface area (Å²) < 4.78 is 5.64. The molecule has 0 aromatic heterocycles. The minimum atomic E-state index is 0.343. The highest BCUT2D eigenvalue weighted by molar-refractivity contribution is 6.20. The second kappa shape index (κ2) is 5.41. The SMILES string of the molecule is CCC(CC)=C([SiH3])OC(C)C. The molecule has 0 saturated heterocycles. The molecule has 0 aromatic rings. The zero-order valence-electron chi connectivity index (χ0n) is 8.40. The molecule has 0 atom stereocenters. The van der Waals surface area contributed by atoms with Crippen LogP contribution in [0.3, 0.4) is 0 Å². The Morgan fingerprint density at radius 1 is 1.27 bits per heavy atom. The second-order valence-electron chi connectivity index (χ2n) is 3.03. The van der Waals surface area contributed by atoms with Crippen molar-refractivity contribution in [3.8, 4) is 0 Å². The summed E-state index contributed by atoms with van der Waals surface area (Å²) in [5.41, 5.74) is 1.49. The fraction of sp³-hybridized carbons (Fsp3) is 0.778. The molecule has 0 radical (unpaired) electrons. The van der Waals surface area contributed by atoms with Crippen molar-refractivity contribution in [3.63, 3.8) is 0 Å². The molecule has 66 valence electrons. The molecule has 0 rings (SSSR count). The summed E-state index contributed by atoms with van der Waals surface area (Å²) in [5.74, 6) is 0. The van der Waals surface area contributed by atoms with Gasteiger partial charge < -0.3 is 4.74 Å². The first-order valence-corrected chi connectivity index (χ1v) is 5.47. The third-order valence-electron chi connectivity index (χ3n) is 1.76. The van der Waals surface area contributed by atoms with Gasteiger partial charge in [-0.1, -0.05) is 13.8 Å².